The van der Waals surface area contributed by atoms with Crippen LogP contribution in [-0.4, -0.2) is 40.7 Å². The average molecular weight is 307 g/mol. The van der Waals surface area contributed by atoms with E-state index < -0.39 is 17.4 Å². The van der Waals surface area contributed by atoms with Crippen LogP contribution in [0.5, 0.6) is 0 Å². The fourth-order valence-electron chi connectivity index (χ4n) is 2.90. The molecule has 7 heteroatoms. The van der Waals surface area contributed by atoms with Crippen LogP contribution >= 0.6 is 0 Å². The maximum Gasteiger partial charge on any atom is 0.240 e. The Kier molecular flexibility index (Phi) is 4.55. The van der Waals surface area contributed by atoms with E-state index in [1.165, 1.54) is 0 Å². The standard InChI is InChI=1S/C15H25N5O2/c1-15(2,3)12(13(16)21)19-14(22)11-7-17-6-10(11)9-5-18-20(4)8-9/h5,8,10-12,17H,6-7H2,1-4H3,(H2,16,21)(H,19,22)/t10-,11+,12-/m1/s1. The minimum Gasteiger partial charge on any atom is -0.368 e. The lowest BCUT2D eigenvalue weighted by molar-refractivity contribution is -0.132. The fraction of sp³-hybridized carbons (Fsp3) is 0.667. The molecule has 1 fully saturated rings. The SMILES string of the molecule is Cn1cc([C@H]2CNC[C@@H]2C(=O)N[C@H](C(N)=O)C(C)(C)C)cn1. The van der Waals surface area contributed by atoms with Gasteiger partial charge < -0.3 is 16.4 Å². The summed E-state index contributed by atoms with van der Waals surface area (Å²) in [6.07, 6.45) is 3.71. The molecular formula is C15H25N5O2. The summed E-state index contributed by atoms with van der Waals surface area (Å²) in [5.41, 5.74) is 6.04. The largest absolute Gasteiger partial charge is 0.368 e. The molecule has 1 aliphatic rings. The van der Waals surface area contributed by atoms with Gasteiger partial charge in [-0.1, -0.05) is 20.8 Å². The van der Waals surface area contributed by atoms with E-state index in [2.05, 4.69) is 15.7 Å². The van der Waals surface area contributed by atoms with Gasteiger partial charge in [0.2, 0.25) is 11.8 Å². The van der Waals surface area contributed by atoms with Crippen LogP contribution in [0.15, 0.2) is 12.4 Å². The highest BCUT2D eigenvalue weighted by molar-refractivity contribution is 5.88. The number of nitrogens with zero attached hydrogens (tertiary/aromatic N) is 2. The molecule has 22 heavy (non-hydrogen) atoms. The molecule has 0 aromatic carbocycles. The highest BCUT2D eigenvalue weighted by atomic mass is 16.2. The Labute approximate surface area is 130 Å². The first-order valence-corrected chi connectivity index (χ1v) is 7.49. The fourth-order valence-corrected chi connectivity index (χ4v) is 2.90. The van der Waals surface area contributed by atoms with Crippen molar-refractivity contribution in [3.05, 3.63) is 18.0 Å². The van der Waals surface area contributed by atoms with E-state index in [4.69, 9.17) is 5.73 Å². The molecule has 1 aromatic rings. The average Bonchev–Trinajstić information content (AvgIpc) is 3.01. The Morgan fingerprint density at radius 3 is 2.64 bits per heavy atom. The number of amides is 2. The molecule has 0 radical (unpaired) electrons. The van der Waals surface area contributed by atoms with Crippen molar-refractivity contribution in [3.8, 4) is 0 Å². The monoisotopic (exact) mass is 307 g/mol. The van der Waals surface area contributed by atoms with Crippen molar-refractivity contribution in [1.29, 1.82) is 0 Å². The number of hydrogen-bond acceptors (Lipinski definition) is 4. The molecule has 0 spiro atoms. The van der Waals surface area contributed by atoms with Crippen molar-refractivity contribution in [2.45, 2.75) is 32.7 Å². The first-order chi connectivity index (χ1) is 10.2. The number of rotatable bonds is 4. The predicted octanol–water partition coefficient (Wildman–Crippen LogP) is -0.261. The molecule has 2 amide bonds. The van der Waals surface area contributed by atoms with Gasteiger partial charge in [0, 0.05) is 32.3 Å². The number of aryl methyl sites for hydroxylation is 1. The summed E-state index contributed by atoms with van der Waals surface area (Å²) in [6, 6.07) is -0.685. The summed E-state index contributed by atoms with van der Waals surface area (Å²) in [7, 11) is 1.85. The molecule has 1 aromatic heterocycles. The van der Waals surface area contributed by atoms with Crippen molar-refractivity contribution in [3.63, 3.8) is 0 Å². The van der Waals surface area contributed by atoms with E-state index in [1.807, 2.05) is 34.0 Å². The number of carbonyl (C=O) groups is 2. The third-order valence-electron chi connectivity index (χ3n) is 4.14. The Hall–Kier alpha value is -1.89. The molecule has 2 rings (SSSR count). The summed E-state index contributed by atoms with van der Waals surface area (Å²) in [4.78, 5) is 24.2. The summed E-state index contributed by atoms with van der Waals surface area (Å²) in [5, 5.41) is 10.2. The Morgan fingerprint density at radius 2 is 2.14 bits per heavy atom. The van der Waals surface area contributed by atoms with Gasteiger partial charge >= 0.3 is 0 Å². The molecule has 0 unspecified atom stereocenters. The second kappa shape index (κ2) is 6.08. The number of primary amides is 1. The minimum absolute atomic E-state index is 0.0576. The van der Waals surface area contributed by atoms with Crippen molar-refractivity contribution in [1.82, 2.24) is 20.4 Å². The Balaban J connectivity index is 2.12. The van der Waals surface area contributed by atoms with Crippen molar-refractivity contribution in [2.75, 3.05) is 13.1 Å². The molecule has 3 atom stereocenters. The number of nitrogens with one attached hydrogen (secondary N) is 2. The third-order valence-corrected chi connectivity index (χ3v) is 4.14. The summed E-state index contributed by atoms with van der Waals surface area (Å²) in [6.45, 7) is 6.96. The smallest absolute Gasteiger partial charge is 0.240 e. The van der Waals surface area contributed by atoms with Gasteiger partial charge in [-0.05, 0) is 11.0 Å². The molecule has 122 valence electrons. The molecule has 1 saturated heterocycles. The zero-order valence-corrected chi connectivity index (χ0v) is 13.6. The molecule has 2 heterocycles. The van der Waals surface area contributed by atoms with Crippen LogP contribution in [0.2, 0.25) is 0 Å². The van der Waals surface area contributed by atoms with Crippen LogP contribution in [0.25, 0.3) is 0 Å². The van der Waals surface area contributed by atoms with Gasteiger partial charge in [-0.25, -0.2) is 0 Å². The van der Waals surface area contributed by atoms with Gasteiger partial charge in [-0.15, -0.1) is 0 Å². The molecular weight excluding hydrogens is 282 g/mol. The maximum absolute atomic E-state index is 12.6. The number of nitrogens with two attached hydrogens (primary N) is 1. The molecule has 7 nitrogen and oxygen atoms in total. The third kappa shape index (κ3) is 3.47. The Morgan fingerprint density at radius 1 is 1.45 bits per heavy atom. The zero-order valence-electron chi connectivity index (χ0n) is 13.6. The quantitative estimate of drug-likeness (QED) is 0.713. The van der Waals surface area contributed by atoms with Crippen LogP contribution < -0.4 is 16.4 Å². The Bertz CT molecular complexity index is 561. The lowest BCUT2D eigenvalue weighted by atomic mass is 9.84. The molecule has 0 aliphatic carbocycles. The lowest BCUT2D eigenvalue weighted by Crippen LogP contribution is -2.54. The second-order valence-electron chi connectivity index (χ2n) is 7.03. The van der Waals surface area contributed by atoms with Gasteiger partial charge in [0.05, 0.1) is 12.1 Å². The number of aromatic nitrogens is 2. The van der Waals surface area contributed by atoms with Gasteiger partial charge in [-0.2, -0.15) is 5.10 Å². The zero-order chi connectivity index (χ0) is 16.5. The summed E-state index contributed by atoms with van der Waals surface area (Å²) < 4.78 is 1.73. The van der Waals surface area contributed by atoms with E-state index >= 15 is 0 Å². The van der Waals surface area contributed by atoms with E-state index in [1.54, 1.807) is 10.9 Å². The van der Waals surface area contributed by atoms with E-state index in [-0.39, 0.29) is 17.7 Å². The second-order valence-corrected chi connectivity index (χ2v) is 7.03. The first-order valence-electron chi connectivity index (χ1n) is 7.49. The van der Waals surface area contributed by atoms with Crippen LogP contribution in [0.1, 0.15) is 32.3 Å². The first kappa shape index (κ1) is 16.5. The van der Waals surface area contributed by atoms with Gasteiger partial charge in [0.25, 0.3) is 0 Å². The van der Waals surface area contributed by atoms with E-state index in [0.29, 0.717) is 6.54 Å². The summed E-state index contributed by atoms with van der Waals surface area (Å²) >= 11 is 0. The summed E-state index contributed by atoms with van der Waals surface area (Å²) in [5.74, 6) is -0.821. The van der Waals surface area contributed by atoms with Crippen LogP contribution in [0.4, 0.5) is 0 Å². The molecule has 0 bridgehead atoms. The minimum atomic E-state index is -0.685. The molecule has 1 aliphatic heterocycles. The topological polar surface area (TPSA) is 102 Å². The van der Waals surface area contributed by atoms with Crippen LogP contribution in [0, 0.1) is 11.3 Å². The van der Waals surface area contributed by atoms with Gasteiger partial charge in [0.1, 0.15) is 6.04 Å². The van der Waals surface area contributed by atoms with Gasteiger partial charge in [0.15, 0.2) is 0 Å². The lowest BCUT2D eigenvalue weighted by Gasteiger charge is -2.30. The van der Waals surface area contributed by atoms with Gasteiger partial charge in [-0.3, -0.25) is 14.3 Å². The molecule has 0 saturated carbocycles. The van der Waals surface area contributed by atoms with Crippen molar-refractivity contribution in [2.24, 2.45) is 24.1 Å². The van der Waals surface area contributed by atoms with Crippen molar-refractivity contribution < 1.29 is 9.59 Å². The van der Waals surface area contributed by atoms with Crippen LogP contribution in [0.3, 0.4) is 0 Å². The highest BCUT2D eigenvalue weighted by Gasteiger charge is 2.38. The normalized spacial score (nSPS) is 23.3. The number of carbonyl (C=O) groups excluding carboxylic acids is 2. The number of hydrogen-bond donors (Lipinski definition) is 3. The maximum atomic E-state index is 12.6. The van der Waals surface area contributed by atoms with Crippen molar-refractivity contribution >= 4 is 11.8 Å². The molecule has 4 N–H and O–H groups in total. The van der Waals surface area contributed by atoms with E-state index in [9.17, 15) is 9.59 Å². The highest BCUT2D eigenvalue weighted by Crippen LogP contribution is 2.29. The van der Waals surface area contributed by atoms with E-state index in [0.717, 1.165) is 12.1 Å². The predicted molar refractivity (Wildman–Crippen MR) is 82.9 cm³/mol. The van der Waals surface area contributed by atoms with Crippen LogP contribution in [-0.2, 0) is 16.6 Å².